The molecule has 0 amide bonds. The molecule has 1 heterocycles. The molecule has 0 bridgehead atoms. The summed E-state index contributed by atoms with van der Waals surface area (Å²) >= 11 is 0. The average Bonchev–Trinajstić information content (AvgIpc) is 3.41. The first-order valence-electron chi connectivity index (χ1n) is 19.2. The number of hydrogen-bond donors (Lipinski definition) is 1. The fraction of sp³-hybridized carbons (Fsp3) is 0.825. The van der Waals surface area contributed by atoms with E-state index < -0.39 is 60.2 Å². The van der Waals surface area contributed by atoms with E-state index >= 15 is 0 Å². The number of fused-ring (bicyclic) bond motifs is 5. The van der Waals surface area contributed by atoms with E-state index in [-0.39, 0.29) is 41.7 Å². The van der Waals surface area contributed by atoms with Crippen molar-refractivity contribution in [1.82, 2.24) is 0 Å². The molecule has 0 unspecified atom stereocenters. The Morgan fingerprint density at radius 1 is 0.885 bits per heavy atom. The van der Waals surface area contributed by atoms with Gasteiger partial charge in [0, 0.05) is 34.1 Å². The lowest BCUT2D eigenvalue weighted by molar-refractivity contribution is -0.282. The Kier molecular flexibility index (Phi) is 12.3. The maximum absolute atomic E-state index is 12.4. The van der Waals surface area contributed by atoms with Gasteiger partial charge in [-0.3, -0.25) is 24.0 Å². The van der Waals surface area contributed by atoms with Crippen LogP contribution >= 0.6 is 0 Å². The first-order valence-corrected chi connectivity index (χ1v) is 19.2. The molecule has 0 aromatic carbocycles. The fourth-order valence-corrected chi connectivity index (χ4v) is 11.0. The SMILES string of the molecule is CC(=O)O[C@@H]1[C@H](OC[C@H](C)CC[C@@H](OC(C)=O)[C@](C)(O)[C@H]2CC[C@H]3[C@@H]4CCC5=CC(=O)CC[C@]5(C)[C@H]4CC[C@]23C)OC[C@@H](OC(C)=O)[C@H]1OC(C)=O. The minimum absolute atomic E-state index is 0.0527. The van der Waals surface area contributed by atoms with Gasteiger partial charge in [0.2, 0.25) is 0 Å². The third kappa shape index (κ3) is 8.28. The summed E-state index contributed by atoms with van der Waals surface area (Å²) in [6.07, 6.45) is 5.32. The number of ketones is 1. The molecule has 0 aromatic rings. The molecule has 1 aliphatic heterocycles. The van der Waals surface area contributed by atoms with E-state index in [1.54, 1.807) is 0 Å². The van der Waals surface area contributed by atoms with E-state index in [4.69, 9.17) is 28.4 Å². The Hall–Kier alpha value is -2.83. The van der Waals surface area contributed by atoms with E-state index in [0.717, 1.165) is 44.9 Å². The van der Waals surface area contributed by atoms with Crippen molar-refractivity contribution in [3.05, 3.63) is 11.6 Å². The van der Waals surface area contributed by atoms with Crippen LogP contribution in [0.25, 0.3) is 0 Å². The second kappa shape index (κ2) is 15.9. The highest BCUT2D eigenvalue weighted by atomic mass is 16.7. The van der Waals surface area contributed by atoms with Gasteiger partial charge in [-0.15, -0.1) is 0 Å². The van der Waals surface area contributed by atoms with Gasteiger partial charge in [-0.05, 0) is 111 Å². The van der Waals surface area contributed by atoms with Crippen LogP contribution in [-0.2, 0) is 52.4 Å². The van der Waals surface area contributed by atoms with Crippen molar-refractivity contribution in [3.63, 3.8) is 0 Å². The normalized spacial score (nSPS) is 37.9. The second-order valence-electron chi connectivity index (χ2n) is 17.0. The zero-order valence-electron chi connectivity index (χ0n) is 32.3. The number of esters is 4. The van der Waals surface area contributed by atoms with Gasteiger partial charge in [0.05, 0.1) is 13.2 Å². The van der Waals surface area contributed by atoms with E-state index in [2.05, 4.69) is 13.8 Å². The number of ether oxygens (including phenoxy) is 6. The maximum Gasteiger partial charge on any atom is 0.303 e. The fourth-order valence-electron chi connectivity index (χ4n) is 11.0. The minimum atomic E-state index is -1.26. The number of carbonyl (C=O) groups excluding carboxylic acids is 5. The molecule has 292 valence electrons. The Bertz CT molecular complexity index is 1400. The first-order chi connectivity index (χ1) is 24.4. The number of carbonyl (C=O) groups is 5. The summed E-state index contributed by atoms with van der Waals surface area (Å²) in [5.41, 5.74) is 0.0467. The van der Waals surface area contributed by atoms with Crippen LogP contribution in [0.5, 0.6) is 0 Å². The van der Waals surface area contributed by atoms with Crippen LogP contribution < -0.4 is 0 Å². The zero-order chi connectivity index (χ0) is 38.2. The number of rotatable bonds is 12. The van der Waals surface area contributed by atoms with Crippen LogP contribution in [0.2, 0.25) is 0 Å². The predicted molar refractivity (Wildman–Crippen MR) is 187 cm³/mol. The molecule has 5 aliphatic rings. The Morgan fingerprint density at radius 3 is 2.21 bits per heavy atom. The van der Waals surface area contributed by atoms with E-state index in [1.807, 2.05) is 19.9 Å². The molecule has 3 saturated carbocycles. The quantitative estimate of drug-likeness (QED) is 0.201. The average molecular weight is 733 g/mol. The van der Waals surface area contributed by atoms with Crippen LogP contribution in [0.3, 0.4) is 0 Å². The van der Waals surface area contributed by atoms with Crippen LogP contribution in [0.1, 0.15) is 120 Å². The highest BCUT2D eigenvalue weighted by Gasteiger charge is 2.63. The van der Waals surface area contributed by atoms with Crippen LogP contribution in [0.4, 0.5) is 0 Å². The molecule has 5 rings (SSSR count). The van der Waals surface area contributed by atoms with Crippen molar-refractivity contribution in [3.8, 4) is 0 Å². The lowest BCUT2D eigenvalue weighted by Gasteiger charge is -2.59. The van der Waals surface area contributed by atoms with Gasteiger partial charge in [0.15, 0.2) is 30.4 Å². The van der Waals surface area contributed by atoms with Crippen molar-refractivity contribution in [2.75, 3.05) is 13.2 Å². The van der Waals surface area contributed by atoms with Crippen LogP contribution in [0, 0.1) is 40.4 Å². The summed E-state index contributed by atoms with van der Waals surface area (Å²) in [5, 5.41) is 12.4. The lowest BCUT2D eigenvalue weighted by Crippen LogP contribution is -2.58. The van der Waals surface area contributed by atoms with Gasteiger partial charge < -0.3 is 33.5 Å². The van der Waals surface area contributed by atoms with E-state index in [1.165, 1.54) is 33.3 Å². The monoisotopic (exact) mass is 732 g/mol. The summed E-state index contributed by atoms with van der Waals surface area (Å²) in [6.45, 7) is 13.6. The zero-order valence-corrected chi connectivity index (χ0v) is 32.3. The van der Waals surface area contributed by atoms with Crippen molar-refractivity contribution in [2.24, 2.45) is 40.4 Å². The predicted octanol–water partition coefficient (Wildman–Crippen LogP) is 5.40. The summed E-state index contributed by atoms with van der Waals surface area (Å²) in [7, 11) is 0. The van der Waals surface area contributed by atoms with Gasteiger partial charge in [0.25, 0.3) is 0 Å². The molecular weight excluding hydrogens is 672 g/mol. The molecule has 12 nitrogen and oxygen atoms in total. The Balaban J connectivity index is 1.24. The third-order valence-corrected chi connectivity index (χ3v) is 13.4. The lowest BCUT2D eigenvalue weighted by atomic mass is 9.46. The highest BCUT2D eigenvalue weighted by Crippen LogP contribution is 2.68. The van der Waals surface area contributed by atoms with E-state index in [9.17, 15) is 29.1 Å². The van der Waals surface area contributed by atoms with Crippen LogP contribution in [0.15, 0.2) is 11.6 Å². The van der Waals surface area contributed by atoms with Gasteiger partial charge in [-0.1, -0.05) is 26.3 Å². The number of hydrogen-bond acceptors (Lipinski definition) is 12. The molecule has 4 aliphatic carbocycles. The number of allylic oxidation sites excluding steroid dienone is 1. The van der Waals surface area contributed by atoms with Crippen molar-refractivity contribution in [1.29, 1.82) is 0 Å². The Labute approximate surface area is 308 Å². The summed E-state index contributed by atoms with van der Waals surface area (Å²) in [5.74, 6) is -0.685. The molecule has 4 fully saturated rings. The third-order valence-electron chi connectivity index (χ3n) is 13.4. The maximum atomic E-state index is 12.4. The van der Waals surface area contributed by atoms with Crippen molar-refractivity contribution in [2.45, 2.75) is 156 Å². The van der Waals surface area contributed by atoms with Crippen LogP contribution in [-0.4, -0.2) is 84.3 Å². The van der Waals surface area contributed by atoms with Crippen molar-refractivity contribution < 1.29 is 57.5 Å². The van der Waals surface area contributed by atoms with E-state index in [0.29, 0.717) is 37.0 Å². The molecule has 0 spiro atoms. The topological polar surface area (TPSA) is 161 Å². The molecule has 0 radical (unpaired) electrons. The van der Waals surface area contributed by atoms with Gasteiger partial charge in [0.1, 0.15) is 11.7 Å². The molecule has 0 aromatic heterocycles. The van der Waals surface area contributed by atoms with Crippen molar-refractivity contribution >= 4 is 29.7 Å². The van der Waals surface area contributed by atoms with Gasteiger partial charge in [-0.25, -0.2) is 0 Å². The standard InChI is InChI=1S/C40H60O12/c1-22(20-47-37-36(52-26(5)44)35(51-25(4)43)32(21-48-37)49-23(2)41)9-14-34(50-24(3)42)40(8,46)33-13-12-30-29-11-10-27-19-28(45)15-17-38(27,6)31(29)16-18-39(30,33)7/h19,22,29-37,46H,9-18,20-21H2,1-8H3/t22-,29+,30+,31+,32-,33+,34-,35-,36+,37-,38+,39+,40-/m1/s1. The van der Waals surface area contributed by atoms with Gasteiger partial charge in [-0.2, -0.15) is 0 Å². The molecule has 1 saturated heterocycles. The highest BCUT2D eigenvalue weighted by molar-refractivity contribution is 5.91. The summed E-state index contributed by atoms with van der Waals surface area (Å²) < 4.78 is 34.0. The summed E-state index contributed by atoms with van der Waals surface area (Å²) in [6, 6.07) is 0. The second-order valence-corrected chi connectivity index (χ2v) is 17.0. The first kappa shape index (κ1) is 40.4. The Morgan fingerprint density at radius 2 is 1.56 bits per heavy atom. The minimum Gasteiger partial charge on any atom is -0.459 e. The largest absolute Gasteiger partial charge is 0.459 e. The molecule has 13 atom stereocenters. The van der Waals surface area contributed by atoms with Gasteiger partial charge >= 0.3 is 23.9 Å². The summed E-state index contributed by atoms with van der Waals surface area (Å²) in [4.78, 5) is 60.4. The number of aliphatic hydroxyl groups is 1. The molecular formula is C40H60O12. The molecule has 1 N–H and O–H groups in total. The molecule has 52 heavy (non-hydrogen) atoms. The smallest absolute Gasteiger partial charge is 0.303 e. The molecule has 12 heteroatoms.